The summed E-state index contributed by atoms with van der Waals surface area (Å²) in [6, 6.07) is 10.5. The van der Waals surface area contributed by atoms with E-state index in [-0.39, 0.29) is 5.02 Å². The van der Waals surface area contributed by atoms with Gasteiger partial charge in [-0.3, -0.25) is 4.98 Å². The van der Waals surface area contributed by atoms with E-state index in [0.29, 0.717) is 45.1 Å². The van der Waals surface area contributed by atoms with Gasteiger partial charge >= 0.3 is 5.97 Å². The number of carboxylic acids is 1. The number of carboxylic acid groups (broad SMARTS) is 1. The molecule has 35 heavy (non-hydrogen) atoms. The molecule has 0 unspecified atom stereocenters. The van der Waals surface area contributed by atoms with E-state index in [1.54, 1.807) is 46.0 Å². The number of fused-ring (bicyclic) bond motifs is 1. The molecule has 0 saturated carbocycles. The first-order valence-electron chi connectivity index (χ1n) is 11.4. The third kappa shape index (κ3) is 4.01. The number of halogens is 2. The molecule has 2 heterocycles. The van der Waals surface area contributed by atoms with Crippen molar-refractivity contribution in [2.75, 3.05) is 6.61 Å². The maximum Gasteiger partial charge on any atom is 0.337 e. The second-order valence-electron chi connectivity index (χ2n) is 9.79. The van der Waals surface area contributed by atoms with Crippen molar-refractivity contribution in [1.29, 1.82) is 0 Å². The zero-order valence-corrected chi connectivity index (χ0v) is 20.7. The number of carbonyl (C=O) groups is 1. The smallest absolute Gasteiger partial charge is 0.337 e. The molecular weight excluding hydrogens is 469 g/mol. The minimum atomic E-state index is -1.28. The molecule has 1 aliphatic heterocycles. The monoisotopic (exact) mass is 493 g/mol. The normalized spacial score (nSPS) is 14.2. The largest absolute Gasteiger partial charge is 0.493 e. The molecule has 4 aromatic rings. The highest BCUT2D eigenvalue weighted by Crippen LogP contribution is 2.45. The molecule has 0 bridgehead atoms. The van der Waals surface area contributed by atoms with Gasteiger partial charge in [-0.1, -0.05) is 17.7 Å². The zero-order chi connectivity index (χ0) is 25.1. The predicted octanol–water partition coefficient (Wildman–Crippen LogP) is 7.03. The summed E-state index contributed by atoms with van der Waals surface area (Å²) < 4.78 is 27.2. The summed E-state index contributed by atoms with van der Waals surface area (Å²) in [7, 11) is 0. The number of benzene rings is 3. The van der Waals surface area contributed by atoms with Crippen molar-refractivity contribution in [3.8, 4) is 16.9 Å². The number of aromatic nitrogens is 1. The van der Waals surface area contributed by atoms with Crippen molar-refractivity contribution < 1.29 is 23.8 Å². The maximum atomic E-state index is 15.2. The fourth-order valence-corrected chi connectivity index (χ4v) is 5.04. The lowest BCUT2D eigenvalue weighted by atomic mass is 9.85. The van der Waals surface area contributed by atoms with E-state index < -0.39 is 23.5 Å². The first-order chi connectivity index (χ1) is 16.6. The van der Waals surface area contributed by atoms with Crippen LogP contribution in [-0.2, 0) is 16.0 Å². The van der Waals surface area contributed by atoms with Crippen LogP contribution in [0.15, 0.2) is 42.6 Å². The van der Waals surface area contributed by atoms with Crippen LogP contribution in [0.5, 0.6) is 5.75 Å². The fraction of sp³-hybridized carbons (Fsp3) is 0.286. The van der Waals surface area contributed by atoms with E-state index in [9.17, 15) is 9.90 Å². The minimum Gasteiger partial charge on any atom is -0.493 e. The summed E-state index contributed by atoms with van der Waals surface area (Å²) in [5.74, 6) is -0.952. The molecule has 0 radical (unpaired) electrons. The number of rotatable bonds is 4. The second kappa shape index (κ2) is 8.47. The molecule has 0 amide bonds. The molecule has 0 saturated heterocycles. The van der Waals surface area contributed by atoms with Gasteiger partial charge in [0.2, 0.25) is 0 Å². The van der Waals surface area contributed by atoms with Gasteiger partial charge in [-0.15, -0.1) is 0 Å². The van der Waals surface area contributed by atoms with Gasteiger partial charge in [0.1, 0.15) is 11.6 Å². The summed E-state index contributed by atoms with van der Waals surface area (Å²) in [5, 5.41) is 12.0. The standard InChI is InChI=1S/C28H25ClFNO4/c1-14-13-18-16(5-7-19(29)24(18)30)23(21(14)26(27(32)33)35-28(2,3)4)17-6-8-20-22-15(10-12-34-20)9-11-31-25(17)22/h5-9,11,13,26H,10,12H2,1-4H3,(H,32,33)/t26-/m1/s1. The number of aliphatic carboxylic acids is 1. The van der Waals surface area contributed by atoms with Gasteiger partial charge < -0.3 is 14.6 Å². The van der Waals surface area contributed by atoms with E-state index in [1.807, 2.05) is 18.2 Å². The molecule has 5 rings (SSSR count). The van der Waals surface area contributed by atoms with Crippen LogP contribution in [0.3, 0.4) is 0 Å². The Morgan fingerprint density at radius 2 is 1.97 bits per heavy atom. The van der Waals surface area contributed by atoms with E-state index in [0.717, 1.165) is 23.1 Å². The molecule has 180 valence electrons. The molecule has 1 atom stereocenters. The lowest BCUT2D eigenvalue weighted by Gasteiger charge is -2.29. The molecule has 0 spiro atoms. The Morgan fingerprint density at radius 3 is 2.69 bits per heavy atom. The Bertz CT molecular complexity index is 1500. The number of nitrogens with zero attached hydrogens (tertiary/aromatic N) is 1. The number of aryl methyl sites for hydroxylation is 1. The highest BCUT2D eigenvalue weighted by molar-refractivity contribution is 6.31. The van der Waals surface area contributed by atoms with Gasteiger partial charge in [-0.05, 0) is 80.1 Å². The van der Waals surface area contributed by atoms with E-state index in [1.165, 1.54) is 6.07 Å². The Kier molecular flexibility index (Phi) is 5.69. The highest BCUT2D eigenvalue weighted by atomic mass is 35.5. The van der Waals surface area contributed by atoms with Crippen LogP contribution in [0.4, 0.5) is 4.39 Å². The lowest BCUT2D eigenvalue weighted by molar-refractivity contribution is -0.160. The van der Waals surface area contributed by atoms with E-state index >= 15 is 4.39 Å². The summed E-state index contributed by atoms with van der Waals surface area (Å²) in [6.07, 6.45) is 1.20. The van der Waals surface area contributed by atoms with Gasteiger partial charge in [0.25, 0.3) is 0 Å². The second-order valence-corrected chi connectivity index (χ2v) is 10.2. The van der Waals surface area contributed by atoms with Crippen molar-refractivity contribution in [3.05, 3.63) is 70.1 Å². The molecule has 5 nitrogen and oxygen atoms in total. The molecular formula is C28H25ClFNO4. The van der Waals surface area contributed by atoms with Crippen LogP contribution < -0.4 is 4.74 Å². The molecule has 0 fully saturated rings. The molecule has 7 heteroatoms. The Morgan fingerprint density at radius 1 is 1.20 bits per heavy atom. The summed E-state index contributed by atoms with van der Waals surface area (Å²) in [4.78, 5) is 17.2. The van der Waals surface area contributed by atoms with Crippen LogP contribution >= 0.6 is 11.6 Å². The van der Waals surface area contributed by atoms with Crippen molar-refractivity contribution >= 4 is 39.2 Å². The van der Waals surface area contributed by atoms with Crippen LogP contribution in [0.25, 0.3) is 32.8 Å². The topological polar surface area (TPSA) is 68.7 Å². The highest BCUT2D eigenvalue weighted by Gasteiger charge is 2.33. The third-order valence-electron chi connectivity index (χ3n) is 6.25. The first-order valence-corrected chi connectivity index (χ1v) is 11.8. The van der Waals surface area contributed by atoms with Gasteiger partial charge in [0, 0.05) is 34.5 Å². The van der Waals surface area contributed by atoms with Gasteiger partial charge in [0.15, 0.2) is 6.10 Å². The zero-order valence-electron chi connectivity index (χ0n) is 19.9. The van der Waals surface area contributed by atoms with Gasteiger partial charge in [-0.25, -0.2) is 9.18 Å². The molecule has 3 aromatic carbocycles. The van der Waals surface area contributed by atoms with Gasteiger partial charge in [0.05, 0.1) is 22.7 Å². The summed E-state index contributed by atoms with van der Waals surface area (Å²) in [6.45, 7) is 7.76. The van der Waals surface area contributed by atoms with Crippen molar-refractivity contribution in [2.45, 2.75) is 45.8 Å². The Hall–Kier alpha value is -3.22. The Labute approximate surface area is 207 Å². The number of hydrogen-bond acceptors (Lipinski definition) is 4. The van der Waals surface area contributed by atoms with Crippen LogP contribution in [0, 0.1) is 12.7 Å². The minimum absolute atomic E-state index is 0.000234. The van der Waals surface area contributed by atoms with Crippen LogP contribution in [-0.4, -0.2) is 28.3 Å². The predicted molar refractivity (Wildman–Crippen MR) is 135 cm³/mol. The summed E-state index contributed by atoms with van der Waals surface area (Å²) in [5.41, 5.74) is 3.33. The number of pyridine rings is 1. The molecule has 1 N–H and O–H groups in total. The average molecular weight is 494 g/mol. The van der Waals surface area contributed by atoms with Crippen molar-refractivity contribution in [1.82, 2.24) is 4.98 Å². The van der Waals surface area contributed by atoms with Crippen molar-refractivity contribution in [3.63, 3.8) is 0 Å². The number of ether oxygens (including phenoxy) is 2. The fourth-order valence-electron chi connectivity index (χ4n) is 4.88. The van der Waals surface area contributed by atoms with E-state index in [2.05, 4.69) is 4.98 Å². The quantitative estimate of drug-likeness (QED) is 0.330. The van der Waals surface area contributed by atoms with E-state index in [4.69, 9.17) is 21.1 Å². The average Bonchev–Trinajstić information content (AvgIpc) is 2.80. The third-order valence-corrected chi connectivity index (χ3v) is 6.55. The molecule has 0 aliphatic carbocycles. The molecule has 1 aromatic heterocycles. The van der Waals surface area contributed by atoms with Crippen molar-refractivity contribution in [2.24, 2.45) is 0 Å². The van der Waals surface area contributed by atoms with Gasteiger partial charge in [-0.2, -0.15) is 0 Å². The summed E-state index contributed by atoms with van der Waals surface area (Å²) >= 11 is 6.12. The number of hydrogen-bond donors (Lipinski definition) is 1. The maximum absolute atomic E-state index is 15.2. The lowest BCUT2D eigenvalue weighted by Crippen LogP contribution is -2.28. The molecule has 1 aliphatic rings. The first kappa shape index (κ1) is 23.5. The SMILES string of the molecule is Cc1cc2c(F)c(Cl)ccc2c(-c2ccc3c4c(ccnc24)CCO3)c1[C@@H](OC(C)(C)C)C(=O)O. The Balaban J connectivity index is 1.94. The van der Waals surface area contributed by atoms with Crippen LogP contribution in [0.2, 0.25) is 5.02 Å². The van der Waals surface area contributed by atoms with Crippen LogP contribution in [0.1, 0.15) is 43.6 Å².